The van der Waals surface area contributed by atoms with Crippen LogP contribution < -0.4 is 5.73 Å². The molecule has 0 amide bonds. The summed E-state index contributed by atoms with van der Waals surface area (Å²) in [5.41, 5.74) is 9.69. The third-order valence-corrected chi connectivity index (χ3v) is 3.70. The first kappa shape index (κ1) is 20.4. The van der Waals surface area contributed by atoms with Crippen molar-refractivity contribution < 1.29 is 24.3 Å². The minimum absolute atomic E-state index is 0.202. The highest BCUT2D eigenvalue weighted by Crippen LogP contribution is 2.32. The van der Waals surface area contributed by atoms with Gasteiger partial charge in [-0.3, -0.25) is 0 Å². The Kier molecular flexibility index (Phi) is 7.08. The lowest BCUT2D eigenvalue weighted by molar-refractivity contribution is -0.134. The number of carbonyl (C=O) groups is 2. The number of hydrogen-bond acceptors (Lipinski definition) is 5. The van der Waals surface area contributed by atoms with Gasteiger partial charge < -0.3 is 20.5 Å². The van der Waals surface area contributed by atoms with Gasteiger partial charge in [0.05, 0.1) is 0 Å². The fourth-order valence-corrected chi connectivity index (χ4v) is 2.50. The van der Waals surface area contributed by atoms with Gasteiger partial charge in [-0.25, -0.2) is 9.59 Å². The summed E-state index contributed by atoms with van der Waals surface area (Å²) in [7, 11) is 0. The van der Waals surface area contributed by atoms with Gasteiger partial charge in [0.1, 0.15) is 5.69 Å². The minimum Gasteiger partial charge on any atom is -0.478 e. The van der Waals surface area contributed by atoms with Gasteiger partial charge in [0.15, 0.2) is 5.58 Å². The van der Waals surface area contributed by atoms with E-state index in [9.17, 15) is 9.59 Å². The van der Waals surface area contributed by atoms with Crippen LogP contribution in [0.3, 0.4) is 0 Å². The van der Waals surface area contributed by atoms with Gasteiger partial charge in [-0.05, 0) is 17.7 Å². The van der Waals surface area contributed by atoms with E-state index in [0.717, 1.165) is 27.8 Å². The molecule has 3 rings (SSSR count). The highest BCUT2D eigenvalue weighted by atomic mass is 16.5. The normalized spacial score (nSPS) is 11.4. The summed E-state index contributed by atoms with van der Waals surface area (Å²) in [4.78, 5) is 19.1. The molecule has 1 unspecified atom stereocenters. The predicted molar refractivity (Wildman–Crippen MR) is 104 cm³/mol. The number of carboxylic acids is 2. The van der Waals surface area contributed by atoms with Crippen LogP contribution in [0, 0.1) is 12.3 Å². The number of terminal acetylenes is 1. The molecule has 0 fully saturated rings. The summed E-state index contributed by atoms with van der Waals surface area (Å²) < 4.78 is 5.37. The van der Waals surface area contributed by atoms with Crippen LogP contribution in [0.2, 0.25) is 0 Å². The first-order valence-corrected chi connectivity index (χ1v) is 8.20. The van der Waals surface area contributed by atoms with Crippen LogP contribution in [-0.4, -0.2) is 27.3 Å². The van der Waals surface area contributed by atoms with Crippen LogP contribution in [0.1, 0.15) is 18.0 Å². The zero-order valence-corrected chi connectivity index (χ0v) is 14.8. The average molecular weight is 378 g/mol. The second-order valence-corrected chi connectivity index (χ2v) is 5.64. The van der Waals surface area contributed by atoms with E-state index in [1.807, 2.05) is 48.5 Å². The van der Waals surface area contributed by atoms with E-state index >= 15 is 0 Å². The Bertz CT molecular complexity index is 1030. The van der Waals surface area contributed by atoms with Crippen LogP contribution >= 0.6 is 0 Å². The second-order valence-electron chi connectivity index (χ2n) is 5.64. The van der Waals surface area contributed by atoms with Gasteiger partial charge in [0.2, 0.25) is 0 Å². The lowest BCUT2D eigenvalue weighted by Crippen LogP contribution is -2.10. The summed E-state index contributed by atoms with van der Waals surface area (Å²) >= 11 is 0. The maximum Gasteiger partial charge on any atom is 0.328 e. The molecule has 2 aromatic carbocycles. The number of rotatable bonds is 5. The maximum absolute atomic E-state index is 9.55. The van der Waals surface area contributed by atoms with E-state index in [1.54, 1.807) is 0 Å². The molecule has 0 aliphatic carbocycles. The summed E-state index contributed by atoms with van der Waals surface area (Å²) in [6, 6.07) is 15.5. The second kappa shape index (κ2) is 9.71. The van der Waals surface area contributed by atoms with Gasteiger partial charge >= 0.3 is 11.9 Å². The lowest BCUT2D eigenvalue weighted by atomic mass is 9.95. The van der Waals surface area contributed by atoms with Crippen LogP contribution in [0.4, 0.5) is 0 Å². The van der Waals surface area contributed by atoms with Crippen LogP contribution in [0.25, 0.3) is 22.2 Å². The number of hydrogen-bond donors (Lipinski definition) is 3. The van der Waals surface area contributed by atoms with Gasteiger partial charge in [-0.2, -0.15) is 0 Å². The molecule has 0 saturated carbocycles. The number of carboxylic acid groups (broad SMARTS) is 2. The third kappa shape index (κ3) is 5.30. The van der Waals surface area contributed by atoms with E-state index in [0.29, 0.717) is 18.6 Å². The quantitative estimate of drug-likeness (QED) is 0.459. The fourth-order valence-electron chi connectivity index (χ4n) is 2.50. The lowest BCUT2D eigenvalue weighted by Gasteiger charge is -2.12. The Hall–Kier alpha value is -3.89. The van der Waals surface area contributed by atoms with Crippen molar-refractivity contribution in [1.82, 2.24) is 5.16 Å². The molecule has 0 saturated heterocycles. The third-order valence-electron chi connectivity index (χ3n) is 3.70. The summed E-state index contributed by atoms with van der Waals surface area (Å²) in [6.45, 7) is 0. The highest BCUT2D eigenvalue weighted by Gasteiger charge is 2.16. The molecule has 1 atom stereocenters. The predicted octanol–water partition coefficient (Wildman–Crippen LogP) is 3.23. The van der Waals surface area contributed by atoms with Crippen molar-refractivity contribution in [3.63, 3.8) is 0 Å². The molecule has 0 spiro atoms. The first-order chi connectivity index (χ1) is 13.4. The van der Waals surface area contributed by atoms with Crippen molar-refractivity contribution in [2.75, 3.05) is 0 Å². The van der Waals surface area contributed by atoms with Crippen molar-refractivity contribution in [2.24, 2.45) is 5.73 Å². The zero-order chi connectivity index (χ0) is 20.5. The minimum atomic E-state index is -1.26. The average Bonchev–Trinajstić information content (AvgIpc) is 3.11. The molecule has 7 nitrogen and oxygen atoms in total. The summed E-state index contributed by atoms with van der Waals surface area (Å²) in [5, 5.41) is 20.8. The van der Waals surface area contributed by atoms with Crippen LogP contribution in [0.15, 0.2) is 65.2 Å². The van der Waals surface area contributed by atoms with Crippen LogP contribution in [0.5, 0.6) is 0 Å². The molecule has 7 heteroatoms. The Labute approximate surface area is 161 Å². The van der Waals surface area contributed by atoms with E-state index in [-0.39, 0.29) is 6.04 Å². The molecule has 4 N–H and O–H groups in total. The number of fused-ring (bicyclic) bond motifs is 1. The summed E-state index contributed by atoms with van der Waals surface area (Å²) in [6.07, 6.45) is 6.97. The van der Waals surface area contributed by atoms with E-state index in [1.165, 1.54) is 0 Å². The number of nitrogens with zero attached hydrogens (tertiary/aromatic N) is 1. The monoisotopic (exact) mass is 378 g/mol. The molecule has 1 aromatic heterocycles. The Morgan fingerprint density at radius 2 is 1.71 bits per heavy atom. The Morgan fingerprint density at radius 3 is 2.36 bits per heavy atom. The van der Waals surface area contributed by atoms with Crippen LogP contribution in [-0.2, 0) is 9.59 Å². The molecule has 0 radical (unpaired) electrons. The van der Waals surface area contributed by atoms with Crippen molar-refractivity contribution >= 4 is 22.9 Å². The zero-order valence-electron chi connectivity index (χ0n) is 14.8. The van der Waals surface area contributed by atoms with E-state index in [4.69, 9.17) is 26.9 Å². The number of para-hydroxylation sites is 1. The van der Waals surface area contributed by atoms with Crippen molar-refractivity contribution in [3.8, 4) is 23.6 Å². The fraction of sp³-hybridized carbons (Fsp3) is 0.0952. The van der Waals surface area contributed by atoms with Gasteiger partial charge in [-0.1, -0.05) is 41.6 Å². The van der Waals surface area contributed by atoms with Crippen molar-refractivity contribution in [3.05, 3.63) is 66.2 Å². The molecular weight excluding hydrogens is 360 g/mol. The molecule has 3 aromatic rings. The Balaban J connectivity index is 0.000000300. The molecule has 142 valence electrons. The van der Waals surface area contributed by atoms with Crippen molar-refractivity contribution in [1.29, 1.82) is 0 Å². The summed E-state index contributed by atoms with van der Waals surface area (Å²) in [5.74, 6) is 0.0927. The van der Waals surface area contributed by atoms with Gasteiger partial charge in [0.25, 0.3) is 0 Å². The standard InChI is InChI=1S/C17H14N2O.C4H4O4/c1-2-7-15(18)12-8-3-4-9-13(12)17-14-10-5-6-11-16(14)20-19-17;5-3(6)1-2-4(7)8/h1,3-6,8-11,15H,7,18H2;1-2H,(H,5,6)(H,7,8)/b;2-1+. The Morgan fingerprint density at radius 1 is 1.11 bits per heavy atom. The van der Waals surface area contributed by atoms with E-state index in [2.05, 4.69) is 11.1 Å². The molecule has 1 heterocycles. The molecule has 0 aliphatic rings. The SMILES string of the molecule is C#CCC(N)c1ccccc1-c1noc2ccccc12.O=C(O)/C=C/C(=O)O. The number of nitrogens with two attached hydrogens (primary N) is 1. The molecular formula is C21H18N2O5. The van der Waals surface area contributed by atoms with Gasteiger partial charge in [0, 0.05) is 35.6 Å². The molecule has 0 aliphatic heterocycles. The molecule has 0 bridgehead atoms. The largest absolute Gasteiger partial charge is 0.478 e. The number of benzene rings is 2. The maximum atomic E-state index is 9.55. The van der Waals surface area contributed by atoms with Crippen molar-refractivity contribution in [2.45, 2.75) is 12.5 Å². The smallest absolute Gasteiger partial charge is 0.328 e. The van der Waals surface area contributed by atoms with Gasteiger partial charge in [-0.15, -0.1) is 12.3 Å². The van der Waals surface area contributed by atoms with E-state index < -0.39 is 11.9 Å². The first-order valence-electron chi connectivity index (χ1n) is 8.20. The topological polar surface area (TPSA) is 127 Å². The number of aromatic nitrogens is 1. The highest BCUT2D eigenvalue weighted by molar-refractivity contribution is 5.92. The number of aliphatic carboxylic acids is 2. The molecule has 28 heavy (non-hydrogen) atoms.